The molecule has 3 N–H and O–H groups in total. The largest absolute Gasteiger partial charge is 0.508 e. The molecule has 1 aromatic carbocycles. The van der Waals surface area contributed by atoms with Gasteiger partial charge in [-0.25, -0.2) is 0 Å². The van der Waals surface area contributed by atoms with Gasteiger partial charge >= 0.3 is 0 Å². The summed E-state index contributed by atoms with van der Waals surface area (Å²) in [5, 5.41) is 14.7. The molecule has 2 atom stereocenters. The average Bonchev–Trinajstić information content (AvgIpc) is 2.34. The number of aromatic hydroxyl groups is 1. The summed E-state index contributed by atoms with van der Waals surface area (Å²) in [6, 6.07) is 5.10. The van der Waals surface area contributed by atoms with E-state index in [1.165, 1.54) is 12.1 Å². The van der Waals surface area contributed by atoms with E-state index in [0.717, 1.165) is 0 Å². The highest BCUT2D eigenvalue weighted by Crippen LogP contribution is 2.20. The molecule has 5 heteroatoms. The lowest BCUT2D eigenvalue weighted by Gasteiger charge is -2.30. The molecule has 0 aliphatic carbocycles. The van der Waals surface area contributed by atoms with Gasteiger partial charge in [-0.15, -0.1) is 0 Å². The van der Waals surface area contributed by atoms with Crippen molar-refractivity contribution in [2.45, 2.75) is 32.4 Å². The van der Waals surface area contributed by atoms with Crippen LogP contribution in [-0.4, -0.2) is 23.0 Å². The molecular weight excluding hydrogens is 244 g/mol. The van der Waals surface area contributed by atoms with Gasteiger partial charge in [-0.2, -0.15) is 0 Å². The first-order chi connectivity index (χ1) is 8.97. The molecule has 1 fully saturated rings. The predicted molar refractivity (Wildman–Crippen MR) is 70.4 cm³/mol. The molecule has 1 aliphatic heterocycles. The Morgan fingerprint density at radius 3 is 2.32 bits per heavy atom. The molecule has 1 aliphatic rings. The standard InChI is InChI=1S/C14H18N2O3/c1-8(2)7-11-13(18)16-12(14(19)15-11)9-3-5-10(17)6-4-9/h3-6,8,11-12,17H,7H2,1-2H3,(H,15,19)(H,16,18)/t11-,12+/m0/s1. The highest BCUT2D eigenvalue weighted by Gasteiger charge is 2.34. The average molecular weight is 262 g/mol. The van der Waals surface area contributed by atoms with Crippen LogP contribution in [0, 0.1) is 5.92 Å². The topological polar surface area (TPSA) is 78.4 Å². The van der Waals surface area contributed by atoms with Crippen LogP contribution in [0.15, 0.2) is 24.3 Å². The second-order valence-corrected chi connectivity index (χ2v) is 5.22. The monoisotopic (exact) mass is 262 g/mol. The van der Waals surface area contributed by atoms with Crippen LogP contribution in [0.4, 0.5) is 0 Å². The SMILES string of the molecule is CC(C)C[C@@H]1NC(=O)[C@@H](c2ccc(O)cc2)NC1=O. The highest BCUT2D eigenvalue weighted by atomic mass is 16.3. The molecule has 102 valence electrons. The van der Waals surface area contributed by atoms with Gasteiger partial charge in [0, 0.05) is 0 Å². The van der Waals surface area contributed by atoms with E-state index < -0.39 is 12.1 Å². The fourth-order valence-corrected chi connectivity index (χ4v) is 2.17. The second kappa shape index (κ2) is 5.30. The Kier molecular flexibility index (Phi) is 3.74. The minimum absolute atomic E-state index is 0.129. The van der Waals surface area contributed by atoms with Gasteiger partial charge in [0.05, 0.1) is 0 Å². The summed E-state index contributed by atoms with van der Waals surface area (Å²) in [5.74, 6) is 0.0903. The predicted octanol–water partition coefficient (Wildman–Crippen LogP) is 1.09. The molecule has 0 bridgehead atoms. The molecule has 1 heterocycles. The van der Waals surface area contributed by atoms with Crippen LogP contribution in [0.3, 0.4) is 0 Å². The first-order valence-electron chi connectivity index (χ1n) is 6.37. The van der Waals surface area contributed by atoms with E-state index in [2.05, 4.69) is 10.6 Å². The van der Waals surface area contributed by atoms with Crippen LogP contribution in [-0.2, 0) is 9.59 Å². The molecular formula is C14H18N2O3. The van der Waals surface area contributed by atoms with Crippen molar-refractivity contribution in [2.75, 3.05) is 0 Å². The number of rotatable bonds is 3. The van der Waals surface area contributed by atoms with Crippen LogP contribution in [0.2, 0.25) is 0 Å². The lowest BCUT2D eigenvalue weighted by atomic mass is 9.97. The lowest BCUT2D eigenvalue weighted by molar-refractivity contribution is -0.137. The fourth-order valence-electron chi connectivity index (χ4n) is 2.17. The molecule has 0 radical (unpaired) electrons. The van der Waals surface area contributed by atoms with Crippen LogP contribution in [0.25, 0.3) is 0 Å². The van der Waals surface area contributed by atoms with Crippen molar-refractivity contribution in [3.63, 3.8) is 0 Å². The summed E-state index contributed by atoms with van der Waals surface area (Å²) >= 11 is 0. The third-order valence-electron chi connectivity index (χ3n) is 3.12. The molecule has 0 saturated carbocycles. The van der Waals surface area contributed by atoms with E-state index in [4.69, 9.17) is 0 Å². The molecule has 0 unspecified atom stereocenters. The number of amides is 2. The van der Waals surface area contributed by atoms with Gasteiger partial charge in [-0.3, -0.25) is 9.59 Å². The van der Waals surface area contributed by atoms with Crippen molar-refractivity contribution in [3.05, 3.63) is 29.8 Å². The minimum atomic E-state index is -0.684. The Labute approximate surface area is 112 Å². The first-order valence-corrected chi connectivity index (χ1v) is 6.37. The Morgan fingerprint density at radius 2 is 1.74 bits per heavy atom. The molecule has 2 rings (SSSR count). The summed E-state index contributed by atoms with van der Waals surface area (Å²) in [6.07, 6.45) is 0.625. The summed E-state index contributed by atoms with van der Waals surface area (Å²) in [7, 11) is 0. The third-order valence-corrected chi connectivity index (χ3v) is 3.12. The molecule has 0 aromatic heterocycles. The van der Waals surface area contributed by atoms with Gasteiger partial charge in [0.2, 0.25) is 11.8 Å². The zero-order valence-corrected chi connectivity index (χ0v) is 11.0. The first kappa shape index (κ1) is 13.4. The van der Waals surface area contributed by atoms with Crippen molar-refractivity contribution in [1.82, 2.24) is 10.6 Å². The third kappa shape index (κ3) is 3.05. The number of hydrogen-bond donors (Lipinski definition) is 3. The van der Waals surface area contributed by atoms with Crippen LogP contribution >= 0.6 is 0 Å². The maximum atomic E-state index is 12.0. The van der Waals surface area contributed by atoms with E-state index in [9.17, 15) is 14.7 Å². The summed E-state index contributed by atoms with van der Waals surface area (Å²) in [6.45, 7) is 4.01. The Balaban J connectivity index is 2.12. The van der Waals surface area contributed by atoms with Gasteiger partial charge < -0.3 is 15.7 Å². The maximum Gasteiger partial charge on any atom is 0.247 e. The normalized spacial score (nSPS) is 23.1. The number of benzene rings is 1. The van der Waals surface area contributed by atoms with Crippen molar-refractivity contribution < 1.29 is 14.7 Å². The van der Waals surface area contributed by atoms with Crippen molar-refractivity contribution in [1.29, 1.82) is 0 Å². The van der Waals surface area contributed by atoms with Crippen molar-refractivity contribution in [3.8, 4) is 5.75 Å². The zero-order chi connectivity index (χ0) is 14.0. The Hall–Kier alpha value is -2.04. The second-order valence-electron chi connectivity index (χ2n) is 5.22. The van der Waals surface area contributed by atoms with E-state index in [-0.39, 0.29) is 17.6 Å². The van der Waals surface area contributed by atoms with Gasteiger partial charge in [-0.05, 0) is 30.0 Å². The molecule has 5 nitrogen and oxygen atoms in total. The summed E-state index contributed by atoms with van der Waals surface area (Å²) < 4.78 is 0. The molecule has 2 amide bonds. The fraction of sp³-hybridized carbons (Fsp3) is 0.429. The smallest absolute Gasteiger partial charge is 0.247 e. The number of phenolic OH excluding ortho intramolecular Hbond substituents is 1. The molecule has 1 aromatic rings. The number of carbonyl (C=O) groups excluding carboxylic acids is 2. The number of nitrogens with one attached hydrogen (secondary N) is 2. The van der Waals surface area contributed by atoms with E-state index in [1.54, 1.807) is 12.1 Å². The maximum absolute atomic E-state index is 12.0. The van der Waals surface area contributed by atoms with Crippen molar-refractivity contribution >= 4 is 11.8 Å². The minimum Gasteiger partial charge on any atom is -0.508 e. The number of piperazine rings is 1. The van der Waals surface area contributed by atoms with Crippen molar-refractivity contribution in [2.24, 2.45) is 5.92 Å². The van der Waals surface area contributed by atoms with Crippen LogP contribution in [0.1, 0.15) is 31.9 Å². The number of phenols is 1. The lowest BCUT2D eigenvalue weighted by Crippen LogP contribution is -2.57. The van der Waals surface area contributed by atoms with Gasteiger partial charge in [-0.1, -0.05) is 26.0 Å². The molecule has 1 saturated heterocycles. The van der Waals surface area contributed by atoms with E-state index >= 15 is 0 Å². The zero-order valence-electron chi connectivity index (χ0n) is 11.0. The Morgan fingerprint density at radius 1 is 1.11 bits per heavy atom. The number of carbonyl (C=O) groups is 2. The van der Waals surface area contributed by atoms with Gasteiger partial charge in [0.15, 0.2) is 0 Å². The van der Waals surface area contributed by atoms with Gasteiger partial charge in [0.1, 0.15) is 17.8 Å². The molecule has 0 spiro atoms. The van der Waals surface area contributed by atoms with Crippen LogP contribution in [0.5, 0.6) is 5.75 Å². The quantitative estimate of drug-likeness (QED) is 0.763. The van der Waals surface area contributed by atoms with E-state index in [1.807, 2.05) is 13.8 Å². The number of hydrogen-bond acceptors (Lipinski definition) is 3. The van der Waals surface area contributed by atoms with Gasteiger partial charge in [0.25, 0.3) is 0 Å². The summed E-state index contributed by atoms with van der Waals surface area (Å²) in [5.41, 5.74) is 0.659. The highest BCUT2D eigenvalue weighted by molar-refractivity contribution is 5.97. The Bertz CT molecular complexity index is 482. The molecule has 19 heavy (non-hydrogen) atoms. The van der Waals surface area contributed by atoms with E-state index in [0.29, 0.717) is 17.9 Å². The summed E-state index contributed by atoms with van der Waals surface area (Å²) in [4.78, 5) is 24.0. The van der Waals surface area contributed by atoms with Crippen LogP contribution < -0.4 is 10.6 Å².